The summed E-state index contributed by atoms with van der Waals surface area (Å²) in [6.07, 6.45) is 3.31. The Morgan fingerprint density at radius 2 is 1.70 bits per heavy atom. The van der Waals surface area contributed by atoms with E-state index in [4.69, 9.17) is 4.74 Å². The number of hydrogen-bond donors (Lipinski definition) is 0. The summed E-state index contributed by atoms with van der Waals surface area (Å²) in [6, 6.07) is 10.3. The van der Waals surface area contributed by atoms with E-state index in [9.17, 15) is 4.79 Å². The van der Waals surface area contributed by atoms with Gasteiger partial charge in [-0.05, 0) is 12.1 Å². The van der Waals surface area contributed by atoms with E-state index in [0.29, 0.717) is 32.0 Å². The van der Waals surface area contributed by atoms with Crippen LogP contribution in [0.2, 0.25) is 0 Å². The predicted octanol–water partition coefficient (Wildman–Crippen LogP) is 1.01. The van der Waals surface area contributed by atoms with Gasteiger partial charge in [-0.25, -0.2) is 14.6 Å². The average Bonchev–Trinajstić information content (AvgIpc) is 3.23. The number of benzene rings is 1. The van der Waals surface area contributed by atoms with Crippen LogP contribution in [0.15, 0.2) is 42.9 Å². The second kappa shape index (κ2) is 8.27. The van der Waals surface area contributed by atoms with Crippen molar-refractivity contribution < 1.29 is 9.53 Å². The van der Waals surface area contributed by atoms with Crippen molar-refractivity contribution >= 4 is 28.4 Å². The van der Waals surface area contributed by atoms with Crippen LogP contribution in [0.4, 0.5) is 11.5 Å². The molecular weight excluding hydrogens is 382 g/mol. The molecule has 1 amide bonds. The van der Waals surface area contributed by atoms with E-state index < -0.39 is 0 Å². The SMILES string of the molecule is O=C(Cn1ncc2c(N3CCOCC3)ncnc21)N1CCN(c2ccccc2)CC1. The molecule has 30 heavy (non-hydrogen) atoms. The number of nitrogens with zero attached hydrogens (tertiary/aromatic N) is 7. The maximum atomic E-state index is 12.9. The molecule has 0 aliphatic carbocycles. The van der Waals surface area contributed by atoms with Gasteiger partial charge in [0.05, 0.1) is 24.8 Å². The molecule has 4 heterocycles. The van der Waals surface area contributed by atoms with Crippen molar-refractivity contribution in [3.63, 3.8) is 0 Å². The number of anilines is 2. The normalized spacial score (nSPS) is 17.5. The molecule has 2 aromatic heterocycles. The number of carbonyl (C=O) groups is 1. The Morgan fingerprint density at radius 3 is 2.47 bits per heavy atom. The van der Waals surface area contributed by atoms with Gasteiger partial charge in [-0.1, -0.05) is 18.2 Å². The van der Waals surface area contributed by atoms with Crippen molar-refractivity contribution in [3.05, 3.63) is 42.9 Å². The van der Waals surface area contributed by atoms with Crippen LogP contribution in [0.1, 0.15) is 0 Å². The maximum Gasteiger partial charge on any atom is 0.244 e. The summed E-state index contributed by atoms with van der Waals surface area (Å²) in [5.74, 6) is 0.928. The highest BCUT2D eigenvalue weighted by Crippen LogP contribution is 2.23. The number of carbonyl (C=O) groups excluding carboxylic acids is 1. The molecule has 5 rings (SSSR count). The second-order valence-corrected chi connectivity index (χ2v) is 7.54. The van der Waals surface area contributed by atoms with Crippen molar-refractivity contribution in [2.24, 2.45) is 0 Å². The summed E-state index contributed by atoms with van der Waals surface area (Å²) in [5, 5.41) is 5.32. The van der Waals surface area contributed by atoms with Gasteiger partial charge in [-0.3, -0.25) is 4.79 Å². The monoisotopic (exact) mass is 407 g/mol. The van der Waals surface area contributed by atoms with Crippen LogP contribution in [0.3, 0.4) is 0 Å². The molecule has 0 saturated carbocycles. The van der Waals surface area contributed by atoms with Crippen molar-refractivity contribution in [1.82, 2.24) is 24.6 Å². The lowest BCUT2D eigenvalue weighted by Gasteiger charge is -2.36. The van der Waals surface area contributed by atoms with Crippen molar-refractivity contribution in [3.8, 4) is 0 Å². The first-order chi connectivity index (χ1) is 14.8. The largest absolute Gasteiger partial charge is 0.378 e. The van der Waals surface area contributed by atoms with E-state index in [1.165, 1.54) is 5.69 Å². The number of amides is 1. The van der Waals surface area contributed by atoms with Gasteiger partial charge < -0.3 is 19.4 Å². The number of hydrogen-bond acceptors (Lipinski definition) is 7. The molecule has 156 valence electrons. The first-order valence-electron chi connectivity index (χ1n) is 10.4. The van der Waals surface area contributed by atoms with E-state index in [1.807, 2.05) is 23.1 Å². The third-order valence-corrected chi connectivity index (χ3v) is 5.76. The second-order valence-electron chi connectivity index (χ2n) is 7.54. The fraction of sp³-hybridized carbons (Fsp3) is 0.429. The molecule has 2 saturated heterocycles. The Hall–Kier alpha value is -3.20. The van der Waals surface area contributed by atoms with Gasteiger partial charge in [-0.2, -0.15) is 5.10 Å². The Kier molecular flexibility index (Phi) is 5.18. The number of rotatable bonds is 4. The van der Waals surface area contributed by atoms with Crippen LogP contribution in [0.25, 0.3) is 11.0 Å². The molecule has 0 unspecified atom stereocenters. The highest BCUT2D eigenvalue weighted by molar-refractivity contribution is 5.88. The quantitative estimate of drug-likeness (QED) is 0.639. The molecule has 3 aromatic rings. The predicted molar refractivity (Wildman–Crippen MR) is 114 cm³/mol. The van der Waals surface area contributed by atoms with Gasteiger partial charge in [0.15, 0.2) is 5.65 Å². The number of morpholine rings is 1. The molecule has 0 atom stereocenters. The molecule has 0 N–H and O–H groups in total. The molecule has 1 aromatic carbocycles. The Balaban J connectivity index is 1.26. The van der Waals surface area contributed by atoms with Crippen LogP contribution < -0.4 is 9.80 Å². The van der Waals surface area contributed by atoms with Gasteiger partial charge in [0.25, 0.3) is 0 Å². The molecule has 9 nitrogen and oxygen atoms in total. The van der Waals surface area contributed by atoms with Crippen LogP contribution in [-0.2, 0) is 16.1 Å². The highest BCUT2D eigenvalue weighted by Gasteiger charge is 2.23. The lowest BCUT2D eigenvalue weighted by atomic mass is 10.2. The summed E-state index contributed by atoms with van der Waals surface area (Å²) >= 11 is 0. The fourth-order valence-electron chi connectivity index (χ4n) is 4.10. The number of piperazine rings is 1. The van der Waals surface area contributed by atoms with Crippen LogP contribution in [-0.4, -0.2) is 83.0 Å². The summed E-state index contributed by atoms with van der Waals surface area (Å²) in [6.45, 7) is 6.23. The lowest BCUT2D eigenvalue weighted by molar-refractivity contribution is -0.132. The number of aromatic nitrogens is 4. The number of ether oxygens (including phenoxy) is 1. The molecule has 2 fully saturated rings. The molecular formula is C21H25N7O2. The van der Waals surface area contributed by atoms with Crippen molar-refractivity contribution in [2.75, 3.05) is 62.3 Å². The van der Waals surface area contributed by atoms with Gasteiger partial charge in [0.2, 0.25) is 5.91 Å². The van der Waals surface area contributed by atoms with Crippen LogP contribution in [0, 0.1) is 0 Å². The van der Waals surface area contributed by atoms with Gasteiger partial charge in [0.1, 0.15) is 18.7 Å². The number of para-hydroxylation sites is 1. The van der Waals surface area contributed by atoms with E-state index in [0.717, 1.165) is 37.4 Å². The fourth-order valence-corrected chi connectivity index (χ4v) is 4.10. The minimum Gasteiger partial charge on any atom is -0.378 e. The minimum atomic E-state index is 0.0687. The Bertz CT molecular complexity index is 1010. The summed E-state index contributed by atoms with van der Waals surface area (Å²) < 4.78 is 7.12. The summed E-state index contributed by atoms with van der Waals surface area (Å²) in [7, 11) is 0. The Morgan fingerprint density at radius 1 is 0.933 bits per heavy atom. The van der Waals surface area contributed by atoms with E-state index in [2.05, 4.69) is 37.0 Å². The standard InChI is InChI=1S/C21H25N7O2/c29-19(26-8-6-25(7-9-26)17-4-2-1-3-5-17)15-28-21-18(14-24-28)20(22-16-23-21)27-10-12-30-13-11-27/h1-5,14,16H,6-13,15H2. The molecule has 0 spiro atoms. The molecule has 0 radical (unpaired) electrons. The third kappa shape index (κ3) is 3.68. The average molecular weight is 407 g/mol. The first-order valence-corrected chi connectivity index (χ1v) is 10.4. The molecule has 2 aliphatic heterocycles. The molecule has 0 bridgehead atoms. The zero-order chi connectivity index (χ0) is 20.3. The van der Waals surface area contributed by atoms with Gasteiger partial charge >= 0.3 is 0 Å². The first kappa shape index (κ1) is 18.8. The zero-order valence-electron chi connectivity index (χ0n) is 16.9. The maximum absolute atomic E-state index is 12.9. The van der Waals surface area contributed by atoms with Crippen LogP contribution >= 0.6 is 0 Å². The number of fused-ring (bicyclic) bond motifs is 1. The lowest BCUT2D eigenvalue weighted by Crippen LogP contribution is -2.49. The van der Waals surface area contributed by atoms with Crippen molar-refractivity contribution in [1.29, 1.82) is 0 Å². The molecule has 9 heteroatoms. The topological polar surface area (TPSA) is 79.6 Å². The smallest absolute Gasteiger partial charge is 0.244 e. The molecule has 2 aliphatic rings. The summed E-state index contributed by atoms with van der Waals surface area (Å²) in [4.78, 5) is 28.2. The Labute approximate surface area is 174 Å². The van der Waals surface area contributed by atoms with Crippen molar-refractivity contribution in [2.45, 2.75) is 6.54 Å². The van der Waals surface area contributed by atoms with Crippen LogP contribution in [0.5, 0.6) is 0 Å². The minimum absolute atomic E-state index is 0.0687. The van der Waals surface area contributed by atoms with E-state index >= 15 is 0 Å². The van der Waals surface area contributed by atoms with E-state index in [1.54, 1.807) is 17.2 Å². The van der Waals surface area contributed by atoms with E-state index in [-0.39, 0.29) is 12.5 Å². The summed E-state index contributed by atoms with van der Waals surface area (Å²) in [5.41, 5.74) is 1.90. The zero-order valence-corrected chi connectivity index (χ0v) is 16.9. The highest BCUT2D eigenvalue weighted by atomic mass is 16.5. The van der Waals surface area contributed by atoms with Gasteiger partial charge in [-0.15, -0.1) is 0 Å². The van der Waals surface area contributed by atoms with Gasteiger partial charge in [0, 0.05) is 45.0 Å². The third-order valence-electron chi connectivity index (χ3n) is 5.76.